The fourth-order valence-electron chi connectivity index (χ4n) is 5.99. The molecule has 0 amide bonds. The van der Waals surface area contributed by atoms with Gasteiger partial charge in [0.2, 0.25) is 0 Å². The lowest BCUT2D eigenvalue weighted by Crippen LogP contribution is -2.24. The summed E-state index contributed by atoms with van der Waals surface area (Å²) in [5.74, 6) is 1.36. The number of rotatable bonds is 13. The second-order valence-electron chi connectivity index (χ2n) is 10.5. The van der Waals surface area contributed by atoms with E-state index in [4.69, 9.17) is 0 Å². The topological polar surface area (TPSA) is 0 Å². The van der Waals surface area contributed by atoms with Crippen molar-refractivity contribution < 1.29 is 0 Å². The van der Waals surface area contributed by atoms with Gasteiger partial charge in [0.15, 0.2) is 0 Å². The molecule has 1 atom stereocenters. The van der Waals surface area contributed by atoms with Crippen LogP contribution in [0.4, 0.5) is 0 Å². The van der Waals surface area contributed by atoms with Crippen molar-refractivity contribution in [3.63, 3.8) is 0 Å². The predicted molar refractivity (Wildman–Crippen MR) is 137 cm³/mol. The zero-order valence-electron chi connectivity index (χ0n) is 20.3. The molecule has 0 saturated heterocycles. The van der Waals surface area contributed by atoms with Crippen LogP contribution >= 0.6 is 0 Å². The standard InChI is InChI=1S/C31H46/c1-3-4-12-23-31(24-13-7-14-25-31)26-15-16-27(2)21-22-30(28-17-8-5-9-18-28)29-19-10-6-11-20-29/h5-6,8-11,17-20,27,30H,3-4,7,12-16,21-26H2,1-2H3. The zero-order valence-corrected chi connectivity index (χ0v) is 20.3. The van der Waals surface area contributed by atoms with Crippen molar-refractivity contribution in [2.75, 3.05) is 0 Å². The first-order chi connectivity index (χ1) is 15.2. The third-order valence-electron chi connectivity index (χ3n) is 7.98. The minimum atomic E-state index is 0.531. The molecule has 0 bridgehead atoms. The van der Waals surface area contributed by atoms with E-state index in [-0.39, 0.29) is 0 Å². The van der Waals surface area contributed by atoms with Crippen LogP contribution in [0.15, 0.2) is 60.7 Å². The average Bonchev–Trinajstić information content (AvgIpc) is 2.81. The van der Waals surface area contributed by atoms with E-state index >= 15 is 0 Å². The summed E-state index contributed by atoms with van der Waals surface area (Å²) in [7, 11) is 0. The van der Waals surface area contributed by atoms with Gasteiger partial charge in [0.1, 0.15) is 0 Å². The normalized spacial score (nSPS) is 17.0. The zero-order chi connectivity index (χ0) is 21.8. The molecule has 3 rings (SSSR count). The molecule has 0 aromatic heterocycles. The highest BCUT2D eigenvalue weighted by Crippen LogP contribution is 2.45. The van der Waals surface area contributed by atoms with E-state index in [1.165, 1.54) is 101 Å². The summed E-state index contributed by atoms with van der Waals surface area (Å²) < 4.78 is 0. The van der Waals surface area contributed by atoms with Crippen LogP contribution in [0, 0.1) is 11.3 Å². The first kappa shape index (κ1) is 24.1. The van der Waals surface area contributed by atoms with Gasteiger partial charge in [0.05, 0.1) is 0 Å². The first-order valence-electron chi connectivity index (χ1n) is 13.3. The first-order valence-corrected chi connectivity index (χ1v) is 13.3. The molecule has 2 aromatic rings. The summed E-state index contributed by atoms with van der Waals surface area (Å²) >= 11 is 0. The molecule has 0 aliphatic heterocycles. The Balaban J connectivity index is 1.50. The van der Waals surface area contributed by atoms with Crippen molar-refractivity contribution in [1.82, 2.24) is 0 Å². The summed E-state index contributed by atoms with van der Waals surface area (Å²) in [6.07, 6.45) is 20.1. The van der Waals surface area contributed by atoms with Gasteiger partial charge in [-0.3, -0.25) is 0 Å². The Morgan fingerprint density at radius 1 is 0.677 bits per heavy atom. The monoisotopic (exact) mass is 418 g/mol. The van der Waals surface area contributed by atoms with Crippen LogP contribution in [-0.4, -0.2) is 0 Å². The van der Waals surface area contributed by atoms with E-state index in [2.05, 4.69) is 74.5 Å². The summed E-state index contributed by atoms with van der Waals surface area (Å²) in [4.78, 5) is 0. The van der Waals surface area contributed by atoms with E-state index in [0.29, 0.717) is 11.3 Å². The summed E-state index contributed by atoms with van der Waals surface area (Å²) in [6, 6.07) is 22.3. The van der Waals surface area contributed by atoms with Gasteiger partial charge < -0.3 is 0 Å². The molecule has 0 radical (unpaired) electrons. The van der Waals surface area contributed by atoms with Crippen LogP contribution in [0.5, 0.6) is 0 Å². The number of hydrogen-bond acceptors (Lipinski definition) is 0. The highest BCUT2D eigenvalue weighted by Gasteiger charge is 2.30. The Hall–Kier alpha value is -1.56. The molecule has 0 heterocycles. The lowest BCUT2D eigenvalue weighted by molar-refractivity contribution is 0.144. The molecule has 0 heteroatoms. The van der Waals surface area contributed by atoms with E-state index in [9.17, 15) is 0 Å². The number of benzene rings is 2. The molecule has 1 saturated carbocycles. The molecule has 0 spiro atoms. The summed E-state index contributed by atoms with van der Waals surface area (Å²) in [6.45, 7) is 4.84. The fourth-order valence-corrected chi connectivity index (χ4v) is 5.99. The van der Waals surface area contributed by atoms with Crippen LogP contribution in [0.3, 0.4) is 0 Å². The van der Waals surface area contributed by atoms with Gasteiger partial charge >= 0.3 is 0 Å². The van der Waals surface area contributed by atoms with Gasteiger partial charge in [0, 0.05) is 5.92 Å². The molecule has 1 aliphatic rings. The molecule has 0 N–H and O–H groups in total. The van der Waals surface area contributed by atoms with Crippen molar-refractivity contribution in [3.8, 4) is 0 Å². The van der Waals surface area contributed by atoms with Crippen LogP contribution in [0.1, 0.15) is 121 Å². The molecule has 1 aliphatic carbocycles. The van der Waals surface area contributed by atoms with Crippen molar-refractivity contribution in [3.05, 3.63) is 71.8 Å². The highest BCUT2D eigenvalue weighted by atomic mass is 14.4. The second-order valence-corrected chi connectivity index (χ2v) is 10.5. The van der Waals surface area contributed by atoms with Crippen LogP contribution in [0.2, 0.25) is 0 Å². The highest BCUT2D eigenvalue weighted by molar-refractivity contribution is 5.32. The largest absolute Gasteiger partial charge is 0.0654 e. The van der Waals surface area contributed by atoms with E-state index in [0.717, 1.165) is 5.92 Å². The molecule has 170 valence electrons. The molecule has 1 fully saturated rings. The summed E-state index contributed by atoms with van der Waals surface area (Å²) in [5.41, 5.74) is 3.64. The second kappa shape index (κ2) is 13.1. The maximum absolute atomic E-state index is 2.50. The van der Waals surface area contributed by atoms with Crippen molar-refractivity contribution in [2.45, 2.75) is 110 Å². The average molecular weight is 419 g/mol. The molecule has 31 heavy (non-hydrogen) atoms. The van der Waals surface area contributed by atoms with Gasteiger partial charge in [-0.15, -0.1) is 0 Å². The Morgan fingerprint density at radius 3 is 1.84 bits per heavy atom. The maximum Gasteiger partial charge on any atom is 0.00894 e. The Morgan fingerprint density at radius 2 is 1.26 bits per heavy atom. The smallest absolute Gasteiger partial charge is 0.00894 e. The summed E-state index contributed by atoms with van der Waals surface area (Å²) in [5, 5.41) is 0. The van der Waals surface area contributed by atoms with Crippen molar-refractivity contribution >= 4 is 0 Å². The molecular formula is C31H46. The minimum Gasteiger partial charge on any atom is -0.0654 e. The lowest BCUT2D eigenvalue weighted by atomic mass is 9.68. The minimum absolute atomic E-state index is 0.531. The maximum atomic E-state index is 2.50. The van der Waals surface area contributed by atoms with Gasteiger partial charge in [-0.1, -0.05) is 126 Å². The van der Waals surface area contributed by atoms with Gasteiger partial charge in [-0.25, -0.2) is 0 Å². The van der Waals surface area contributed by atoms with E-state index < -0.39 is 0 Å². The Kier molecular flexibility index (Phi) is 10.2. The third-order valence-corrected chi connectivity index (χ3v) is 7.98. The van der Waals surface area contributed by atoms with Crippen LogP contribution < -0.4 is 0 Å². The molecule has 0 nitrogen and oxygen atoms in total. The fraction of sp³-hybridized carbons (Fsp3) is 0.613. The van der Waals surface area contributed by atoms with Crippen LogP contribution in [-0.2, 0) is 0 Å². The molecular weight excluding hydrogens is 372 g/mol. The number of hydrogen-bond donors (Lipinski definition) is 0. The Bertz CT molecular complexity index is 656. The predicted octanol–water partition coefficient (Wildman–Crippen LogP) is 9.94. The van der Waals surface area contributed by atoms with Crippen molar-refractivity contribution in [1.29, 1.82) is 0 Å². The molecule has 2 aromatic carbocycles. The van der Waals surface area contributed by atoms with E-state index in [1.54, 1.807) is 0 Å². The van der Waals surface area contributed by atoms with Crippen LogP contribution in [0.25, 0.3) is 0 Å². The van der Waals surface area contributed by atoms with Gasteiger partial charge in [-0.05, 0) is 61.0 Å². The van der Waals surface area contributed by atoms with E-state index in [1.807, 2.05) is 0 Å². The Labute approximate surface area is 192 Å². The van der Waals surface area contributed by atoms with Gasteiger partial charge in [0.25, 0.3) is 0 Å². The van der Waals surface area contributed by atoms with Gasteiger partial charge in [-0.2, -0.15) is 0 Å². The third kappa shape index (κ3) is 7.81. The van der Waals surface area contributed by atoms with Crippen molar-refractivity contribution in [2.24, 2.45) is 11.3 Å². The quantitative estimate of drug-likeness (QED) is 0.284. The lowest BCUT2D eigenvalue weighted by Gasteiger charge is -2.38. The molecule has 1 unspecified atom stereocenters. The SMILES string of the molecule is CCCCCC1(CCCC(C)CCC(c2ccccc2)c2ccccc2)CCCCC1. The number of unbranched alkanes of at least 4 members (excludes halogenated alkanes) is 2.